The number of carbonyl (C=O) groups excluding carboxylic acids is 1. The Bertz CT molecular complexity index is 1210. The van der Waals surface area contributed by atoms with Gasteiger partial charge in [-0.2, -0.15) is 0 Å². The number of ether oxygens (including phenoxy) is 3. The molecule has 184 valence electrons. The van der Waals surface area contributed by atoms with Gasteiger partial charge in [0.1, 0.15) is 17.2 Å². The van der Waals surface area contributed by atoms with E-state index in [1.165, 1.54) is 0 Å². The molecule has 1 saturated heterocycles. The first-order valence-corrected chi connectivity index (χ1v) is 12.4. The SMILES string of the molecule is COc1ccc(OC)c([C@@H]2[C@H]3CCCC[C@]3(O)CCN2C(=O)COc2ccc3ccccc3c2)c1. The maximum absolute atomic E-state index is 13.6. The zero-order valence-electron chi connectivity index (χ0n) is 20.4. The van der Waals surface area contributed by atoms with Gasteiger partial charge in [-0.1, -0.05) is 43.2 Å². The van der Waals surface area contributed by atoms with Gasteiger partial charge in [-0.25, -0.2) is 0 Å². The lowest BCUT2D eigenvalue weighted by Gasteiger charge is -2.52. The highest BCUT2D eigenvalue weighted by Gasteiger charge is 2.51. The van der Waals surface area contributed by atoms with Crippen LogP contribution in [0.1, 0.15) is 43.7 Å². The second-order valence-electron chi connectivity index (χ2n) is 9.64. The fourth-order valence-electron chi connectivity index (χ4n) is 5.90. The van der Waals surface area contributed by atoms with Crippen molar-refractivity contribution in [1.82, 2.24) is 4.90 Å². The first-order valence-electron chi connectivity index (χ1n) is 12.4. The molecule has 3 atom stereocenters. The van der Waals surface area contributed by atoms with E-state index >= 15 is 0 Å². The van der Waals surface area contributed by atoms with Crippen molar-refractivity contribution < 1.29 is 24.1 Å². The number of piperidine rings is 1. The summed E-state index contributed by atoms with van der Waals surface area (Å²) in [4.78, 5) is 15.5. The molecule has 6 nitrogen and oxygen atoms in total. The molecule has 0 aromatic heterocycles. The van der Waals surface area contributed by atoms with Crippen molar-refractivity contribution in [2.24, 2.45) is 5.92 Å². The molecule has 3 aromatic rings. The van der Waals surface area contributed by atoms with Crippen LogP contribution in [0, 0.1) is 5.92 Å². The highest BCUT2D eigenvalue weighted by Crippen LogP contribution is 2.51. The van der Waals surface area contributed by atoms with Crippen molar-refractivity contribution in [3.8, 4) is 17.2 Å². The summed E-state index contributed by atoms with van der Waals surface area (Å²) in [6.45, 7) is 0.407. The maximum atomic E-state index is 13.6. The lowest BCUT2D eigenvalue weighted by molar-refractivity contribution is -0.157. The monoisotopic (exact) mass is 475 g/mol. The second kappa shape index (κ2) is 9.78. The molecular formula is C29H33NO5. The molecule has 1 N–H and O–H groups in total. The van der Waals surface area contributed by atoms with Crippen LogP contribution < -0.4 is 14.2 Å². The molecule has 3 aromatic carbocycles. The first-order chi connectivity index (χ1) is 17.0. The summed E-state index contributed by atoms with van der Waals surface area (Å²) in [6.07, 6.45) is 4.23. The van der Waals surface area contributed by atoms with Gasteiger partial charge in [0.25, 0.3) is 5.91 Å². The molecule has 0 spiro atoms. The minimum atomic E-state index is -0.785. The largest absolute Gasteiger partial charge is 0.497 e. The molecule has 0 radical (unpaired) electrons. The van der Waals surface area contributed by atoms with Crippen LogP contribution in [0.3, 0.4) is 0 Å². The number of amides is 1. The third-order valence-corrected chi connectivity index (χ3v) is 7.73. The Hall–Kier alpha value is -3.25. The normalized spacial score (nSPS) is 24.0. The van der Waals surface area contributed by atoms with E-state index in [9.17, 15) is 9.90 Å². The predicted molar refractivity (Wildman–Crippen MR) is 135 cm³/mol. The number of fused-ring (bicyclic) bond motifs is 2. The number of nitrogens with zero attached hydrogens (tertiary/aromatic N) is 1. The quantitative estimate of drug-likeness (QED) is 0.535. The molecule has 6 heteroatoms. The summed E-state index contributed by atoms with van der Waals surface area (Å²) >= 11 is 0. The standard InChI is InChI=1S/C29H33NO5/c1-33-22-12-13-26(34-2)24(18-22)28-25-9-5-6-14-29(25,32)15-16-30(28)27(31)19-35-23-11-10-20-7-3-4-8-21(20)17-23/h3-4,7-8,10-13,17-18,25,28,32H,5-6,9,14-16,19H2,1-2H3/t25-,28-,29+/m1/s1. The van der Waals surface area contributed by atoms with E-state index in [2.05, 4.69) is 6.07 Å². The molecule has 2 fully saturated rings. The van der Waals surface area contributed by atoms with Gasteiger partial charge >= 0.3 is 0 Å². The van der Waals surface area contributed by atoms with Crippen LogP contribution in [0.4, 0.5) is 0 Å². The number of hydrogen-bond donors (Lipinski definition) is 1. The molecule has 0 unspecified atom stereocenters. The van der Waals surface area contributed by atoms with Crippen LogP contribution in [-0.4, -0.2) is 48.9 Å². The number of carbonyl (C=O) groups is 1. The molecule has 0 bridgehead atoms. The summed E-state index contributed by atoms with van der Waals surface area (Å²) in [7, 11) is 3.26. The Morgan fingerprint density at radius 1 is 0.971 bits per heavy atom. The van der Waals surface area contributed by atoms with Crippen LogP contribution in [0.15, 0.2) is 60.7 Å². The predicted octanol–water partition coefficient (Wildman–Crippen LogP) is 5.13. The summed E-state index contributed by atoms with van der Waals surface area (Å²) < 4.78 is 17.2. The number of rotatable bonds is 6. The van der Waals surface area contributed by atoms with E-state index in [0.717, 1.165) is 42.0 Å². The lowest BCUT2D eigenvalue weighted by Crippen LogP contribution is -2.57. The van der Waals surface area contributed by atoms with Gasteiger partial charge in [-0.3, -0.25) is 4.79 Å². The molecular weight excluding hydrogens is 442 g/mol. The summed E-state index contributed by atoms with van der Waals surface area (Å²) in [5.41, 5.74) is 0.0865. The molecule has 1 saturated carbocycles. The fraction of sp³-hybridized carbons (Fsp3) is 0.414. The number of methoxy groups -OCH3 is 2. The van der Waals surface area contributed by atoms with Gasteiger partial charge < -0.3 is 24.2 Å². The number of hydrogen-bond acceptors (Lipinski definition) is 5. The summed E-state index contributed by atoms with van der Waals surface area (Å²) in [5, 5.41) is 13.8. The van der Waals surface area contributed by atoms with E-state index < -0.39 is 5.60 Å². The Balaban J connectivity index is 1.44. The molecule has 35 heavy (non-hydrogen) atoms. The minimum Gasteiger partial charge on any atom is -0.497 e. The highest BCUT2D eigenvalue weighted by molar-refractivity contribution is 5.84. The Morgan fingerprint density at radius 3 is 2.57 bits per heavy atom. The van der Waals surface area contributed by atoms with Gasteiger partial charge in [-0.15, -0.1) is 0 Å². The van der Waals surface area contributed by atoms with Crippen molar-refractivity contribution in [3.63, 3.8) is 0 Å². The van der Waals surface area contributed by atoms with Crippen molar-refractivity contribution in [3.05, 3.63) is 66.2 Å². The Kier molecular flexibility index (Phi) is 6.56. The first kappa shape index (κ1) is 23.5. The van der Waals surface area contributed by atoms with Crippen LogP contribution in [0.2, 0.25) is 0 Å². The van der Waals surface area contributed by atoms with Gasteiger partial charge in [0.2, 0.25) is 0 Å². The zero-order valence-corrected chi connectivity index (χ0v) is 20.4. The van der Waals surface area contributed by atoms with E-state index in [1.807, 2.05) is 59.5 Å². The van der Waals surface area contributed by atoms with E-state index in [-0.39, 0.29) is 24.5 Å². The van der Waals surface area contributed by atoms with Crippen molar-refractivity contribution in [2.45, 2.75) is 43.7 Å². The molecule has 1 amide bonds. The van der Waals surface area contributed by atoms with Gasteiger partial charge in [-0.05, 0) is 60.4 Å². The minimum absolute atomic E-state index is 0.0632. The highest BCUT2D eigenvalue weighted by atomic mass is 16.5. The molecule has 5 rings (SSSR count). The third-order valence-electron chi connectivity index (χ3n) is 7.73. The van der Waals surface area contributed by atoms with E-state index in [0.29, 0.717) is 30.2 Å². The number of aliphatic hydroxyl groups is 1. The Morgan fingerprint density at radius 2 is 1.77 bits per heavy atom. The molecule has 1 aliphatic carbocycles. The van der Waals surface area contributed by atoms with Crippen LogP contribution >= 0.6 is 0 Å². The van der Waals surface area contributed by atoms with Crippen LogP contribution in [0.25, 0.3) is 10.8 Å². The van der Waals surface area contributed by atoms with Gasteiger partial charge in [0.15, 0.2) is 6.61 Å². The van der Waals surface area contributed by atoms with Gasteiger partial charge in [0.05, 0.1) is 25.9 Å². The van der Waals surface area contributed by atoms with Crippen LogP contribution in [-0.2, 0) is 4.79 Å². The maximum Gasteiger partial charge on any atom is 0.261 e. The van der Waals surface area contributed by atoms with Crippen molar-refractivity contribution in [2.75, 3.05) is 27.4 Å². The molecule has 1 heterocycles. The smallest absolute Gasteiger partial charge is 0.261 e. The van der Waals surface area contributed by atoms with Crippen molar-refractivity contribution >= 4 is 16.7 Å². The number of likely N-dealkylation sites (tertiary alicyclic amines) is 1. The summed E-state index contributed by atoms with van der Waals surface area (Å²) in [5.74, 6) is 1.89. The second-order valence-corrected chi connectivity index (χ2v) is 9.64. The van der Waals surface area contributed by atoms with Crippen molar-refractivity contribution in [1.29, 1.82) is 0 Å². The zero-order chi connectivity index (χ0) is 24.4. The van der Waals surface area contributed by atoms with E-state index in [4.69, 9.17) is 14.2 Å². The molecule has 1 aliphatic heterocycles. The molecule has 2 aliphatic rings. The van der Waals surface area contributed by atoms with Gasteiger partial charge in [0, 0.05) is 18.0 Å². The average molecular weight is 476 g/mol. The summed E-state index contributed by atoms with van der Waals surface area (Å²) in [6, 6.07) is 19.3. The number of benzene rings is 3. The average Bonchev–Trinajstić information content (AvgIpc) is 2.90. The Labute approximate surface area is 206 Å². The lowest BCUT2D eigenvalue weighted by atomic mass is 9.66. The fourth-order valence-corrected chi connectivity index (χ4v) is 5.90. The van der Waals surface area contributed by atoms with E-state index in [1.54, 1.807) is 14.2 Å². The topological polar surface area (TPSA) is 68.2 Å². The third kappa shape index (κ3) is 4.55. The van der Waals surface area contributed by atoms with Crippen LogP contribution in [0.5, 0.6) is 17.2 Å².